The van der Waals surface area contributed by atoms with Gasteiger partial charge in [0.05, 0.1) is 6.54 Å². The Morgan fingerprint density at radius 1 is 1.21 bits per heavy atom. The average molecular weight is 363 g/mol. The van der Waals surface area contributed by atoms with Crippen molar-refractivity contribution in [1.82, 2.24) is 10.2 Å². The normalized spacial score (nSPS) is 13.1. The number of halogens is 2. The predicted molar refractivity (Wildman–Crippen MR) is 94.7 cm³/mol. The lowest BCUT2D eigenvalue weighted by molar-refractivity contribution is 0.0943. The van der Waals surface area contributed by atoms with E-state index in [2.05, 4.69) is 5.32 Å². The monoisotopic (exact) mass is 362 g/mol. The number of hydrogen-bond acceptors (Lipinski definition) is 3. The molecule has 0 spiro atoms. The van der Waals surface area contributed by atoms with Crippen molar-refractivity contribution in [2.45, 2.75) is 13.1 Å². The zero-order valence-corrected chi connectivity index (χ0v) is 14.6. The van der Waals surface area contributed by atoms with Gasteiger partial charge in [0, 0.05) is 34.3 Å². The van der Waals surface area contributed by atoms with Gasteiger partial charge in [-0.3, -0.25) is 14.5 Å². The molecule has 0 fully saturated rings. The standard InChI is InChI=1S/C18H16Cl2N2O2/c1-22(9-13-4-5-14(19)7-16(13)20)10-17(23)11-2-3-12-8-21-18(24)15(12)6-11/h2-7H,8-10H2,1H3,(H,21,24). The second-order valence-electron chi connectivity index (χ2n) is 5.89. The van der Waals surface area contributed by atoms with Gasteiger partial charge in [-0.1, -0.05) is 41.4 Å². The van der Waals surface area contributed by atoms with Crippen molar-refractivity contribution in [3.63, 3.8) is 0 Å². The molecule has 0 bridgehead atoms. The lowest BCUT2D eigenvalue weighted by Gasteiger charge is -2.17. The van der Waals surface area contributed by atoms with Gasteiger partial charge in [0.2, 0.25) is 0 Å². The van der Waals surface area contributed by atoms with Gasteiger partial charge in [0.25, 0.3) is 5.91 Å². The summed E-state index contributed by atoms with van der Waals surface area (Å²) in [4.78, 5) is 26.1. The third kappa shape index (κ3) is 3.61. The molecular formula is C18H16Cl2N2O2. The van der Waals surface area contributed by atoms with Crippen molar-refractivity contribution in [3.8, 4) is 0 Å². The Bertz CT molecular complexity index is 821. The van der Waals surface area contributed by atoms with Crippen LogP contribution in [-0.2, 0) is 13.1 Å². The van der Waals surface area contributed by atoms with Crippen LogP contribution >= 0.6 is 23.2 Å². The van der Waals surface area contributed by atoms with Gasteiger partial charge in [-0.15, -0.1) is 0 Å². The van der Waals surface area contributed by atoms with E-state index in [1.807, 2.05) is 24.1 Å². The van der Waals surface area contributed by atoms with Crippen molar-refractivity contribution in [3.05, 3.63) is 68.7 Å². The molecule has 0 saturated heterocycles. The smallest absolute Gasteiger partial charge is 0.251 e. The highest BCUT2D eigenvalue weighted by atomic mass is 35.5. The molecule has 3 rings (SSSR count). The van der Waals surface area contributed by atoms with E-state index in [0.29, 0.717) is 34.3 Å². The van der Waals surface area contributed by atoms with Crippen molar-refractivity contribution in [2.75, 3.05) is 13.6 Å². The maximum atomic E-state index is 12.5. The van der Waals surface area contributed by atoms with Crippen LogP contribution in [-0.4, -0.2) is 30.2 Å². The number of carbonyl (C=O) groups is 2. The number of Topliss-reactive ketones (excluding diaryl/α,β-unsaturated/α-hetero) is 1. The third-order valence-corrected chi connectivity index (χ3v) is 4.57. The second kappa shape index (κ2) is 6.93. The summed E-state index contributed by atoms with van der Waals surface area (Å²) in [6, 6.07) is 10.6. The molecular weight excluding hydrogens is 347 g/mol. The molecule has 124 valence electrons. The first-order chi connectivity index (χ1) is 11.4. The molecule has 0 aromatic heterocycles. The van der Waals surface area contributed by atoms with Crippen LogP contribution in [0.3, 0.4) is 0 Å². The zero-order chi connectivity index (χ0) is 17.3. The van der Waals surface area contributed by atoms with E-state index in [9.17, 15) is 9.59 Å². The van der Waals surface area contributed by atoms with Gasteiger partial charge in [-0.05, 0) is 36.4 Å². The zero-order valence-electron chi connectivity index (χ0n) is 13.1. The summed E-state index contributed by atoms with van der Waals surface area (Å²) in [7, 11) is 1.85. The Balaban J connectivity index is 1.68. The third-order valence-electron chi connectivity index (χ3n) is 3.98. The molecule has 0 saturated carbocycles. The number of benzene rings is 2. The fourth-order valence-electron chi connectivity index (χ4n) is 2.72. The van der Waals surface area contributed by atoms with Gasteiger partial charge in [0.15, 0.2) is 5.78 Å². The number of amides is 1. The number of ketones is 1. The summed E-state index contributed by atoms with van der Waals surface area (Å²) in [5.41, 5.74) is 2.96. The van der Waals surface area contributed by atoms with Crippen LogP contribution in [0.15, 0.2) is 36.4 Å². The molecule has 6 heteroatoms. The van der Waals surface area contributed by atoms with Crippen molar-refractivity contribution in [1.29, 1.82) is 0 Å². The molecule has 2 aromatic rings. The minimum absolute atomic E-state index is 0.0370. The fourth-order valence-corrected chi connectivity index (χ4v) is 3.19. The summed E-state index contributed by atoms with van der Waals surface area (Å²) < 4.78 is 0. The van der Waals surface area contributed by atoms with Gasteiger partial charge in [-0.2, -0.15) is 0 Å². The van der Waals surface area contributed by atoms with E-state index in [-0.39, 0.29) is 18.2 Å². The van der Waals surface area contributed by atoms with Crippen LogP contribution in [0.4, 0.5) is 0 Å². The summed E-state index contributed by atoms with van der Waals surface area (Å²) in [5, 5.41) is 3.91. The average Bonchev–Trinajstić information content (AvgIpc) is 2.91. The van der Waals surface area contributed by atoms with Gasteiger partial charge in [-0.25, -0.2) is 0 Å². The van der Waals surface area contributed by atoms with Crippen LogP contribution in [0.5, 0.6) is 0 Å². The van der Waals surface area contributed by atoms with Crippen LogP contribution in [0.1, 0.15) is 31.8 Å². The first-order valence-corrected chi connectivity index (χ1v) is 8.26. The number of nitrogens with zero attached hydrogens (tertiary/aromatic N) is 1. The molecule has 24 heavy (non-hydrogen) atoms. The molecule has 1 amide bonds. The molecule has 0 unspecified atom stereocenters. The minimum atomic E-state index is -0.124. The van der Waals surface area contributed by atoms with Gasteiger partial charge in [0.1, 0.15) is 0 Å². The van der Waals surface area contributed by atoms with E-state index >= 15 is 0 Å². The Morgan fingerprint density at radius 3 is 2.75 bits per heavy atom. The van der Waals surface area contributed by atoms with E-state index in [1.54, 1.807) is 24.3 Å². The highest BCUT2D eigenvalue weighted by molar-refractivity contribution is 6.35. The summed E-state index contributed by atoms with van der Waals surface area (Å²) in [5.74, 6) is -0.161. The van der Waals surface area contributed by atoms with Crippen molar-refractivity contribution >= 4 is 34.9 Å². The minimum Gasteiger partial charge on any atom is -0.348 e. The maximum absolute atomic E-state index is 12.5. The number of hydrogen-bond donors (Lipinski definition) is 1. The molecule has 0 aliphatic carbocycles. The molecule has 1 heterocycles. The van der Waals surface area contributed by atoms with E-state index in [4.69, 9.17) is 23.2 Å². The predicted octanol–water partition coefficient (Wildman–Crippen LogP) is 3.55. The topological polar surface area (TPSA) is 49.4 Å². The van der Waals surface area contributed by atoms with Crippen LogP contribution in [0, 0.1) is 0 Å². The Kier molecular flexibility index (Phi) is 4.90. The van der Waals surface area contributed by atoms with Crippen molar-refractivity contribution < 1.29 is 9.59 Å². The van der Waals surface area contributed by atoms with E-state index < -0.39 is 0 Å². The van der Waals surface area contributed by atoms with Crippen LogP contribution < -0.4 is 5.32 Å². The lowest BCUT2D eigenvalue weighted by atomic mass is 10.0. The number of fused-ring (bicyclic) bond motifs is 1. The van der Waals surface area contributed by atoms with Crippen molar-refractivity contribution in [2.24, 2.45) is 0 Å². The molecule has 1 aliphatic heterocycles. The Labute approximate surface area is 150 Å². The number of likely N-dealkylation sites (N-methyl/N-ethyl adjacent to an activating group) is 1. The molecule has 0 radical (unpaired) electrons. The highest BCUT2D eigenvalue weighted by Gasteiger charge is 2.20. The van der Waals surface area contributed by atoms with E-state index in [1.165, 1.54) is 0 Å². The number of carbonyl (C=O) groups excluding carboxylic acids is 2. The summed E-state index contributed by atoms with van der Waals surface area (Å²) in [6.07, 6.45) is 0. The first-order valence-electron chi connectivity index (χ1n) is 7.51. The van der Waals surface area contributed by atoms with Crippen LogP contribution in [0.25, 0.3) is 0 Å². The van der Waals surface area contributed by atoms with E-state index in [0.717, 1.165) is 11.1 Å². The maximum Gasteiger partial charge on any atom is 0.251 e. The Morgan fingerprint density at radius 2 is 2.00 bits per heavy atom. The summed E-state index contributed by atoms with van der Waals surface area (Å²) in [6.45, 7) is 1.30. The number of nitrogens with one attached hydrogen (secondary N) is 1. The Hall–Kier alpha value is -1.88. The van der Waals surface area contributed by atoms with Gasteiger partial charge >= 0.3 is 0 Å². The first kappa shape index (κ1) is 17.0. The van der Waals surface area contributed by atoms with Crippen LogP contribution in [0.2, 0.25) is 10.0 Å². The largest absolute Gasteiger partial charge is 0.348 e. The molecule has 4 nitrogen and oxygen atoms in total. The molecule has 2 aromatic carbocycles. The number of rotatable bonds is 5. The quantitative estimate of drug-likeness (QED) is 0.827. The highest BCUT2D eigenvalue weighted by Crippen LogP contribution is 2.22. The van der Waals surface area contributed by atoms with Gasteiger partial charge < -0.3 is 5.32 Å². The summed E-state index contributed by atoms with van der Waals surface area (Å²) >= 11 is 12.1. The molecule has 1 N–H and O–H groups in total. The molecule has 0 atom stereocenters. The lowest BCUT2D eigenvalue weighted by Crippen LogP contribution is -2.26. The fraction of sp³-hybridized carbons (Fsp3) is 0.222. The second-order valence-corrected chi connectivity index (χ2v) is 6.73. The SMILES string of the molecule is CN(CC(=O)c1ccc2c(c1)C(=O)NC2)Cc1ccc(Cl)cc1Cl. The molecule has 1 aliphatic rings.